The van der Waals surface area contributed by atoms with E-state index in [1.807, 2.05) is 6.07 Å². The molecular weight excluding hydrogens is 354 g/mol. The highest BCUT2D eigenvalue weighted by Crippen LogP contribution is 2.29. The summed E-state index contributed by atoms with van der Waals surface area (Å²) in [6, 6.07) is 25.6. The molecule has 0 aliphatic heterocycles. The Morgan fingerprint density at radius 3 is 2.34 bits per heavy atom. The molecule has 0 amide bonds. The largest absolute Gasteiger partial charge is 0.489 e. The molecule has 3 aromatic carbocycles. The maximum absolute atomic E-state index is 6.08. The minimum Gasteiger partial charge on any atom is -0.489 e. The third-order valence-electron chi connectivity index (χ3n) is 5.54. The molecule has 0 N–H and O–H groups in total. The molecule has 29 heavy (non-hydrogen) atoms. The van der Waals surface area contributed by atoms with E-state index in [1.54, 1.807) is 5.57 Å². The SMILES string of the molecule is CN(C)CCC1=Cc2ccc(OCc3ccc(-c4ccccc4)cc3)cc2CC1. The van der Waals surface area contributed by atoms with E-state index in [4.69, 9.17) is 4.74 Å². The summed E-state index contributed by atoms with van der Waals surface area (Å²) in [6.45, 7) is 1.71. The minimum absolute atomic E-state index is 0.595. The summed E-state index contributed by atoms with van der Waals surface area (Å²) >= 11 is 0. The zero-order chi connectivity index (χ0) is 20.1. The van der Waals surface area contributed by atoms with Gasteiger partial charge in [0.15, 0.2) is 0 Å². The van der Waals surface area contributed by atoms with E-state index in [0.29, 0.717) is 6.61 Å². The third-order valence-corrected chi connectivity index (χ3v) is 5.54. The lowest BCUT2D eigenvalue weighted by molar-refractivity contribution is 0.306. The first-order valence-electron chi connectivity index (χ1n) is 10.4. The Kier molecular flexibility index (Phi) is 6.12. The summed E-state index contributed by atoms with van der Waals surface area (Å²) in [4.78, 5) is 2.25. The van der Waals surface area contributed by atoms with Crippen LogP contribution < -0.4 is 4.74 Å². The van der Waals surface area contributed by atoms with Crippen LogP contribution in [0.1, 0.15) is 29.5 Å². The lowest BCUT2D eigenvalue weighted by Gasteiger charge is -2.19. The monoisotopic (exact) mass is 383 g/mol. The van der Waals surface area contributed by atoms with Crippen molar-refractivity contribution in [3.05, 3.63) is 95.1 Å². The normalized spacial score (nSPS) is 13.1. The Bertz CT molecular complexity index is 971. The van der Waals surface area contributed by atoms with Gasteiger partial charge >= 0.3 is 0 Å². The molecule has 4 rings (SSSR count). The van der Waals surface area contributed by atoms with Crippen molar-refractivity contribution in [2.75, 3.05) is 20.6 Å². The molecule has 2 heteroatoms. The molecule has 1 aliphatic rings. The number of benzene rings is 3. The zero-order valence-electron chi connectivity index (χ0n) is 17.4. The molecule has 0 fully saturated rings. The first-order valence-corrected chi connectivity index (χ1v) is 10.4. The Morgan fingerprint density at radius 2 is 1.59 bits per heavy atom. The van der Waals surface area contributed by atoms with Gasteiger partial charge in [-0.1, -0.05) is 72.3 Å². The fourth-order valence-electron chi connectivity index (χ4n) is 3.77. The van der Waals surface area contributed by atoms with Gasteiger partial charge in [0.05, 0.1) is 0 Å². The van der Waals surface area contributed by atoms with Gasteiger partial charge in [-0.15, -0.1) is 0 Å². The molecule has 0 unspecified atom stereocenters. The fourth-order valence-corrected chi connectivity index (χ4v) is 3.77. The predicted octanol–water partition coefficient (Wildman–Crippen LogP) is 6.21. The van der Waals surface area contributed by atoms with E-state index in [1.165, 1.54) is 27.8 Å². The summed E-state index contributed by atoms with van der Waals surface area (Å²) in [6.07, 6.45) is 5.79. The molecule has 0 spiro atoms. The van der Waals surface area contributed by atoms with Crippen LogP contribution in [0, 0.1) is 0 Å². The maximum Gasteiger partial charge on any atom is 0.120 e. The highest BCUT2D eigenvalue weighted by Gasteiger charge is 2.12. The zero-order valence-corrected chi connectivity index (χ0v) is 17.4. The van der Waals surface area contributed by atoms with Gasteiger partial charge in [-0.25, -0.2) is 0 Å². The lowest BCUT2D eigenvalue weighted by Crippen LogP contribution is -2.14. The minimum atomic E-state index is 0.595. The van der Waals surface area contributed by atoms with Gasteiger partial charge in [-0.05, 0) is 73.3 Å². The van der Waals surface area contributed by atoms with Gasteiger partial charge in [0, 0.05) is 6.54 Å². The van der Waals surface area contributed by atoms with Crippen molar-refractivity contribution >= 4 is 6.08 Å². The highest BCUT2D eigenvalue weighted by atomic mass is 16.5. The van der Waals surface area contributed by atoms with Crippen LogP contribution >= 0.6 is 0 Å². The first-order chi connectivity index (χ1) is 14.2. The third kappa shape index (κ3) is 5.16. The number of nitrogens with zero attached hydrogens (tertiary/aromatic N) is 1. The molecule has 1 aliphatic carbocycles. The number of rotatable bonds is 7. The Morgan fingerprint density at radius 1 is 0.828 bits per heavy atom. The van der Waals surface area contributed by atoms with Crippen LogP contribution in [0.3, 0.4) is 0 Å². The van der Waals surface area contributed by atoms with Crippen LogP contribution in [0.15, 0.2) is 78.4 Å². The van der Waals surface area contributed by atoms with Gasteiger partial charge in [0.25, 0.3) is 0 Å². The smallest absolute Gasteiger partial charge is 0.120 e. The molecule has 0 atom stereocenters. The Balaban J connectivity index is 1.37. The van der Waals surface area contributed by atoms with Crippen molar-refractivity contribution in [2.45, 2.75) is 25.9 Å². The molecule has 0 aromatic heterocycles. The molecular formula is C27H29NO. The highest BCUT2D eigenvalue weighted by molar-refractivity contribution is 5.63. The number of aryl methyl sites for hydroxylation is 1. The molecule has 148 valence electrons. The lowest BCUT2D eigenvalue weighted by atomic mass is 9.90. The number of hydrogen-bond acceptors (Lipinski definition) is 2. The van der Waals surface area contributed by atoms with Gasteiger partial charge in [-0.3, -0.25) is 0 Å². The van der Waals surface area contributed by atoms with Gasteiger partial charge < -0.3 is 9.64 Å². The van der Waals surface area contributed by atoms with E-state index in [2.05, 4.69) is 91.8 Å². The molecule has 0 heterocycles. The summed E-state index contributed by atoms with van der Waals surface area (Å²) in [5.74, 6) is 0.959. The van der Waals surface area contributed by atoms with Gasteiger partial charge in [-0.2, -0.15) is 0 Å². The summed E-state index contributed by atoms with van der Waals surface area (Å²) in [7, 11) is 4.27. The second-order valence-electron chi connectivity index (χ2n) is 8.07. The molecule has 0 bridgehead atoms. The molecule has 0 radical (unpaired) electrons. The van der Waals surface area contributed by atoms with Crippen molar-refractivity contribution in [2.24, 2.45) is 0 Å². The van der Waals surface area contributed by atoms with Crippen molar-refractivity contribution in [3.8, 4) is 16.9 Å². The van der Waals surface area contributed by atoms with Gasteiger partial charge in [0.1, 0.15) is 12.4 Å². The molecule has 0 saturated carbocycles. The molecule has 0 saturated heterocycles. The number of ether oxygens (including phenoxy) is 1. The average molecular weight is 384 g/mol. The van der Waals surface area contributed by atoms with Crippen LogP contribution in [-0.2, 0) is 13.0 Å². The molecule has 3 aromatic rings. The topological polar surface area (TPSA) is 12.5 Å². The maximum atomic E-state index is 6.08. The molecule has 2 nitrogen and oxygen atoms in total. The van der Waals surface area contributed by atoms with Crippen LogP contribution in [0.2, 0.25) is 0 Å². The Hall–Kier alpha value is -2.84. The van der Waals surface area contributed by atoms with E-state index < -0.39 is 0 Å². The average Bonchev–Trinajstić information content (AvgIpc) is 2.77. The van der Waals surface area contributed by atoms with Crippen molar-refractivity contribution < 1.29 is 4.74 Å². The van der Waals surface area contributed by atoms with E-state index in [9.17, 15) is 0 Å². The summed E-state index contributed by atoms with van der Waals surface area (Å²) in [5, 5.41) is 0. The van der Waals surface area contributed by atoms with Crippen molar-refractivity contribution in [1.29, 1.82) is 0 Å². The van der Waals surface area contributed by atoms with Crippen molar-refractivity contribution in [3.63, 3.8) is 0 Å². The number of fused-ring (bicyclic) bond motifs is 1. The first kappa shape index (κ1) is 19.5. The van der Waals surface area contributed by atoms with E-state index >= 15 is 0 Å². The van der Waals surface area contributed by atoms with Gasteiger partial charge in [0.2, 0.25) is 0 Å². The standard InChI is InChI=1S/C27H29NO/c1-28(2)17-16-21-8-13-26-19-27(15-14-25(26)18-21)29-20-22-9-11-24(12-10-22)23-6-4-3-5-7-23/h3-7,9-12,14-15,18-19H,8,13,16-17,20H2,1-2H3. The van der Waals surface area contributed by atoms with Crippen molar-refractivity contribution in [1.82, 2.24) is 4.90 Å². The summed E-state index contributed by atoms with van der Waals surface area (Å²) < 4.78 is 6.08. The van der Waals surface area contributed by atoms with E-state index in [0.717, 1.165) is 31.6 Å². The summed E-state index contributed by atoms with van der Waals surface area (Å²) in [5.41, 5.74) is 7.97. The second-order valence-corrected chi connectivity index (χ2v) is 8.07. The van der Waals surface area contributed by atoms with E-state index in [-0.39, 0.29) is 0 Å². The van der Waals surface area contributed by atoms with Crippen LogP contribution in [0.25, 0.3) is 17.2 Å². The quantitative estimate of drug-likeness (QED) is 0.481. The Labute approximate surface area is 174 Å². The fraction of sp³-hybridized carbons (Fsp3) is 0.259. The van der Waals surface area contributed by atoms with Crippen LogP contribution in [-0.4, -0.2) is 25.5 Å². The predicted molar refractivity (Wildman–Crippen MR) is 122 cm³/mol. The second kappa shape index (κ2) is 9.11. The van der Waals surface area contributed by atoms with Crippen LogP contribution in [0.5, 0.6) is 5.75 Å². The number of hydrogen-bond donors (Lipinski definition) is 0. The van der Waals surface area contributed by atoms with Crippen LogP contribution in [0.4, 0.5) is 0 Å².